The fourth-order valence-electron chi connectivity index (χ4n) is 1.42. The molecule has 0 fully saturated rings. The standard InChI is InChI=1S/C10H11BrN2O/c11-5-9(14)7-13-10-4-2-1-3-8(10)6-12-13/h1-4,6,9,14H,5,7H2. The lowest BCUT2D eigenvalue weighted by molar-refractivity contribution is 0.176. The Balaban J connectivity index is 2.33. The van der Waals surface area contributed by atoms with Gasteiger partial charge in [0.25, 0.3) is 0 Å². The Morgan fingerprint density at radius 3 is 3.00 bits per heavy atom. The number of hydrogen-bond acceptors (Lipinski definition) is 2. The van der Waals surface area contributed by atoms with Crippen LogP contribution in [0.1, 0.15) is 0 Å². The van der Waals surface area contributed by atoms with Crippen LogP contribution in [0.3, 0.4) is 0 Å². The Bertz CT molecular complexity index is 427. The van der Waals surface area contributed by atoms with Crippen LogP contribution in [0.5, 0.6) is 0 Å². The summed E-state index contributed by atoms with van der Waals surface area (Å²) in [4.78, 5) is 0. The predicted molar refractivity (Wildman–Crippen MR) is 59.5 cm³/mol. The highest BCUT2D eigenvalue weighted by molar-refractivity contribution is 9.09. The van der Waals surface area contributed by atoms with E-state index in [2.05, 4.69) is 21.0 Å². The monoisotopic (exact) mass is 254 g/mol. The van der Waals surface area contributed by atoms with Gasteiger partial charge in [0, 0.05) is 10.7 Å². The maximum Gasteiger partial charge on any atom is 0.0832 e. The molecular weight excluding hydrogens is 244 g/mol. The summed E-state index contributed by atoms with van der Waals surface area (Å²) in [5.41, 5.74) is 1.06. The highest BCUT2D eigenvalue weighted by Gasteiger charge is 2.06. The SMILES string of the molecule is OC(CBr)Cn1ncc2ccccc21. The number of benzene rings is 1. The second-order valence-electron chi connectivity index (χ2n) is 3.19. The molecule has 1 aromatic carbocycles. The second kappa shape index (κ2) is 4.11. The van der Waals surface area contributed by atoms with Gasteiger partial charge in [0.15, 0.2) is 0 Å². The summed E-state index contributed by atoms with van der Waals surface area (Å²) in [5, 5.41) is 15.4. The van der Waals surface area contributed by atoms with Crippen molar-refractivity contribution < 1.29 is 5.11 Å². The normalized spacial score (nSPS) is 13.3. The lowest BCUT2D eigenvalue weighted by Crippen LogP contribution is -2.17. The molecule has 0 aliphatic carbocycles. The molecule has 14 heavy (non-hydrogen) atoms. The van der Waals surface area contributed by atoms with Gasteiger partial charge in [0.05, 0.1) is 24.4 Å². The van der Waals surface area contributed by atoms with Gasteiger partial charge in [-0.15, -0.1) is 0 Å². The number of halogens is 1. The largest absolute Gasteiger partial charge is 0.390 e. The van der Waals surface area contributed by atoms with Crippen LogP contribution in [-0.4, -0.2) is 26.3 Å². The lowest BCUT2D eigenvalue weighted by Gasteiger charge is -2.07. The molecule has 0 aliphatic rings. The molecule has 1 atom stereocenters. The van der Waals surface area contributed by atoms with Gasteiger partial charge in [-0.05, 0) is 6.07 Å². The predicted octanol–water partition coefficient (Wildman–Crippen LogP) is 1.79. The summed E-state index contributed by atoms with van der Waals surface area (Å²) >= 11 is 3.23. The molecule has 2 rings (SSSR count). The van der Waals surface area contributed by atoms with Gasteiger partial charge in [-0.3, -0.25) is 4.68 Å². The Morgan fingerprint density at radius 1 is 1.43 bits per heavy atom. The van der Waals surface area contributed by atoms with Crippen molar-refractivity contribution in [3.63, 3.8) is 0 Å². The number of aromatic nitrogens is 2. The molecular formula is C10H11BrN2O. The maximum absolute atomic E-state index is 9.48. The zero-order chi connectivity index (χ0) is 9.97. The number of aliphatic hydroxyl groups excluding tert-OH is 1. The van der Waals surface area contributed by atoms with Crippen LogP contribution in [-0.2, 0) is 6.54 Å². The van der Waals surface area contributed by atoms with E-state index in [0.717, 1.165) is 10.9 Å². The first kappa shape index (κ1) is 9.68. The van der Waals surface area contributed by atoms with Gasteiger partial charge in [-0.25, -0.2) is 0 Å². The number of nitrogens with zero attached hydrogens (tertiary/aromatic N) is 2. The van der Waals surface area contributed by atoms with Crippen molar-refractivity contribution >= 4 is 26.8 Å². The third-order valence-corrected chi connectivity index (χ3v) is 2.86. The molecule has 0 saturated carbocycles. The molecule has 1 N–H and O–H groups in total. The third kappa shape index (κ3) is 1.81. The van der Waals surface area contributed by atoms with Crippen LogP contribution in [0.15, 0.2) is 30.5 Å². The van der Waals surface area contributed by atoms with Gasteiger partial charge in [0.2, 0.25) is 0 Å². The van der Waals surface area contributed by atoms with E-state index >= 15 is 0 Å². The Morgan fingerprint density at radius 2 is 2.21 bits per heavy atom. The summed E-state index contributed by atoms with van der Waals surface area (Å²) in [7, 11) is 0. The van der Waals surface area contributed by atoms with Gasteiger partial charge < -0.3 is 5.11 Å². The molecule has 0 spiro atoms. The van der Waals surface area contributed by atoms with Gasteiger partial charge in [-0.2, -0.15) is 5.10 Å². The maximum atomic E-state index is 9.48. The number of para-hydroxylation sites is 1. The molecule has 4 heteroatoms. The summed E-state index contributed by atoms with van der Waals surface area (Å²) in [6.07, 6.45) is 1.43. The van der Waals surface area contributed by atoms with Crippen molar-refractivity contribution in [1.29, 1.82) is 0 Å². The molecule has 3 nitrogen and oxygen atoms in total. The number of hydrogen-bond donors (Lipinski definition) is 1. The topological polar surface area (TPSA) is 38.0 Å². The van der Waals surface area contributed by atoms with Crippen LogP contribution >= 0.6 is 15.9 Å². The number of fused-ring (bicyclic) bond motifs is 1. The van der Waals surface area contributed by atoms with Crippen LogP contribution in [0.25, 0.3) is 10.9 Å². The van der Waals surface area contributed by atoms with E-state index in [1.54, 1.807) is 0 Å². The molecule has 0 amide bonds. The van der Waals surface area contributed by atoms with E-state index in [0.29, 0.717) is 11.9 Å². The van der Waals surface area contributed by atoms with Crippen molar-refractivity contribution in [2.24, 2.45) is 0 Å². The molecule has 0 radical (unpaired) electrons. The first-order valence-electron chi connectivity index (χ1n) is 4.46. The van der Waals surface area contributed by atoms with E-state index < -0.39 is 6.10 Å². The lowest BCUT2D eigenvalue weighted by atomic mass is 10.2. The fourth-order valence-corrected chi connectivity index (χ4v) is 1.62. The second-order valence-corrected chi connectivity index (χ2v) is 3.84. The fraction of sp³-hybridized carbons (Fsp3) is 0.300. The van der Waals surface area contributed by atoms with Gasteiger partial charge in [-0.1, -0.05) is 34.1 Å². The molecule has 1 unspecified atom stereocenters. The smallest absolute Gasteiger partial charge is 0.0832 e. The van der Waals surface area contributed by atoms with Crippen molar-refractivity contribution in [2.45, 2.75) is 12.6 Å². The Labute approximate surface area is 90.5 Å². The van der Waals surface area contributed by atoms with Crippen molar-refractivity contribution in [3.8, 4) is 0 Å². The minimum atomic E-state index is -0.390. The first-order valence-corrected chi connectivity index (χ1v) is 5.58. The van der Waals surface area contributed by atoms with E-state index in [1.807, 2.05) is 35.1 Å². The third-order valence-electron chi connectivity index (χ3n) is 2.11. The minimum Gasteiger partial charge on any atom is -0.390 e. The Kier molecular flexibility index (Phi) is 2.84. The Hall–Kier alpha value is -0.870. The molecule has 74 valence electrons. The molecule has 0 saturated heterocycles. The van der Waals surface area contributed by atoms with E-state index in [4.69, 9.17) is 0 Å². The van der Waals surface area contributed by atoms with Crippen LogP contribution < -0.4 is 0 Å². The van der Waals surface area contributed by atoms with E-state index in [9.17, 15) is 5.11 Å². The zero-order valence-corrected chi connectivity index (χ0v) is 9.18. The molecule has 2 aromatic rings. The number of rotatable bonds is 3. The van der Waals surface area contributed by atoms with Crippen LogP contribution in [0.4, 0.5) is 0 Å². The minimum absolute atomic E-state index is 0.390. The van der Waals surface area contributed by atoms with Gasteiger partial charge >= 0.3 is 0 Å². The van der Waals surface area contributed by atoms with Crippen LogP contribution in [0, 0.1) is 0 Å². The highest BCUT2D eigenvalue weighted by Crippen LogP contribution is 2.13. The van der Waals surface area contributed by atoms with E-state index in [1.165, 1.54) is 0 Å². The summed E-state index contributed by atoms with van der Waals surface area (Å²) in [5.74, 6) is 0. The average molecular weight is 255 g/mol. The molecule has 0 bridgehead atoms. The molecule has 1 heterocycles. The average Bonchev–Trinajstić information content (AvgIpc) is 2.62. The molecule has 1 aromatic heterocycles. The molecule has 0 aliphatic heterocycles. The number of alkyl halides is 1. The number of aliphatic hydroxyl groups is 1. The van der Waals surface area contributed by atoms with Crippen molar-refractivity contribution in [1.82, 2.24) is 9.78 Å². The van der Waals surface area contributed by atoms with Crippen molar-refractivity contribution in [3.05, 3.63) is 30.5 Å². The summed E-state index contributed by atoms with van der Waals surface area (Å²) in [6.45, 7) is 0.527. The highest BCUT2D eigenvalue weighted by atomic mass is 79.9. The van der Waals surface area contributed by atoms with Crippen molar-refractivity contribution in [2.75, 3.05) is 5.33 Å². The summed E-state index contributed by atoms with van der Waals surface area (Å²) < 4.78 is 1.82. The first-order chi connectivity index (χ1) is 6.81. The van der Waals surface area contributed by atoms with E-state index in [-0.39, 0.29) is 0 Å². The van der Waals surface area contributed by atoms with Gasteiger partial charge in [0.1, 0.15) is 0 Å². The van der Waals surface area contributed by atoms with Crippen LogP contribution in [0.2, 0.25) is 0 Å². The quantitative estimate of drug-likeness (QED) is 0.849. The zero-order valence-electron chi connectivity index (χ0n) is 7.60. The summed E-state index contributed by atoms with van der Waals surface area (Å²) in [6, 6.07) is 7.97.